The van der Waals surface area contributed by atoms with Gasteiger partial charge in [0.1, 0.15) is 0 Å². The molecule has 0 N–H and O–H groups in total. The van der Waals surface area contributed by atoms with Crippen molar-refractivity contribution in [1.29, 1.82) is 0 Å². The molecule has 2 heterocycles. The zero-order valence-corrected chi connectivity index (χ0v) is 19.6. The maximum absolute atomic E-state index is 12.9. The largest absolute Gasteiger partial charge is 0.466 e. The molecule has 0 unspecified atom stereocenters. The van der Waals surface area contributed by atoms with Gasteiger partial charge in [-0.2, -0.15) is 0 Å². The van der Waals surface area contributed by atoms with E-state index in [4.69, 9.17) is 4.74 Å². The van der Waals surface area contributed by atoms with Gasteiger partial charge in [-0.1, -0.05) is 42.5 Å². The van der Waals surface area contributed by atoms with Gasteiger partial charge in [-0.3, -0.25) is 19.4 Å². The standard InChI is InChI=1S/C27H35N3O3/c1-2-33-27(32)25-12-14-30(15-13-25)26(31)24-10-8-23(9-11-24)21-29-18-16-28(17-19-29)20-22-6-4-3-5-7-22/h3-11,25H,2,12-21H2,1H3. The summed E-state index contributed by atoms with van der Waals surface area (Å²) in [5.74, 6) is -0.155. The Bertz CT molecular complexity index is 900. The van der Waals surface area contributed by atoms with E-state index in [1.165, 1.54) is 11.1 Å². The molecule has 1 amide bonds. The van der Waals surface area contributed by atoms with Gasteiger partial charge in [0.25, 0.3) is 5.91 Å². The average molecular weight is 450 g/mol. The third-order valence-corrected chi connectivity index (χ3v) is 6.72. The van der Waals surface area contributed by atoms with Crippen LogP contribution in [-0.4, -0.2) is 72.5 Å². The molecule has 2 fully saturated rings. The number of ether oxygens (including phenoxy) is 1. The van der Waals surface area contributed by atoms with E-state index in [0.29, 0.717) is 32.5 Å². The zero-order chi connectivity index (χ0) is 23.0. The normalized spacial score (nSPS) is 18.3. The number of piperidine rings is 1. The summed E-state index contributed by atoms with van der Waals surface area (Å²) in [5.41, 5.74) is 3.33. The van der Waals surface area contributed by atoms with Gasteiger partial charge in [-0.15, -0.1) is 0 Å². The van der Waals surface area contributed by atoms with Crippen molar-refractivity contribution >= 4 is 11.9 Å². The minimum Gasteiger partial charge on any atom is -0.466 e. The zero-order valence-electron chi connectivity index (χ0n) is 19.6. The number of likely N-dealkylation sites (tertiary alicyclic amines) is 1. The molecule has 2 aromatic rings. The highest BCUT2D eigenvalue weighted by atomic mass is 16.5. The summed E-state index contributed by atoms with van der Waals surface area (Å²) in [5, 5.41) is 0. The fourth-order valence-corrected chi connectivity index (χ4v) is 4.72. The van der Waals surface area contributed by atoms with E-state index in [9.17, 15) is 9.59 Å². The summed E-state index contributed by atoms with van der Waals surface area (Å²) in [6.07, 6.45) is 1.36. The lowest BCUT2D eigenvalue weighted by atomic mass is 9.96. The smallest absolute Gasteiger partial charge is 0.309 e. The number of piperazine rings is 1. The first-order valence-corrected chi connectivity index (χ1v) is 12.2. The Labute approximate surface area is 197 Å². The molecule has 2 aliphatic heterocycles. The maximum atomic E-state index is 12.9. The molecule has 6 nitrogen and oxygen atoms in total. The first kappa shape index (κ1) is 23.5. The van der Waals surface area contributed by atoms with Crippen molar-refractivity contribution in [3.8, 4) is 0 Å². The third kappa shape index (κ3) is 6.42. The van der Waals surface area contributed by atoms with Crippen molar-refractivity contribution < 1.29 is 14.3 Å². The molecule has 0 aromatic heterocycles. The summed E-state index contributed by atoms with van der Waals surface area (Å²) in [6.45, 7) is 9.65. The number of carbonyl (C=O) groups is 2. The fraction of sp³-hybridized carbons (Fsp3) is 0.481. The van der Waals surface area contributed by atoms with Gasteiger partial charge in [0, 0.05) is 57.9 Å². The molecule has 33 heavy (non-hydrogen) atoms. The summed E-state index contributed by atoms with van der Waals surface area (Å²) in [4.78, 5) is 31.7. The molecule has 0 spiro atoms. The second-order valence-electron chi connectivity index (χ2n) is 9.05. The van der Waals surface area contributed by atoms with Gasteiger partial charge in [-0.25, -0.2) is 0 Å². The number of esters is 1. The lowest BCUT2D eigenvalue weighted by Gasteiger charge is -2.34. The van der Waals surface area contributed by atoms with Crippen molar-refractivity contribution in [2.24, 2.45) is 5.92 Å². The topological polar surface area (TPSA) is 53.1 Å². The van der Waals surface area contributed by atoms with Gasteiger partial charge in [0.15, 0.2) is 0 Å². The van der Waals surface area contributed by atoms with Crippen LogP contribution in [-0.2, 0) is 22.6 Å². The van der Waals surface area contributed by atoms with Gasteiger partial charge in [0.2, 0.25) is 0 Å². The number of hydrogen-bond donors (Lipinski definition) is 0. The van der Waals surface area contributed by atoms with Gasteiger partial charge < -0.3 is 9.64 Å². The number of nitrogens with zero attached hydrogens (tertiary/aromatic N) is 3. The third-order valence-electron chi connectivity index (χ3n) is 6.72. The van der Waals surface area contributed by atoms with Crippen molar-refractivity contribution in [3.63, 3.8) is 0 Å². The highest BCUT2D eigenvalue weighted by Gasteiger charge is 2.28. The highest BCUT2D eigenvalue weighted by molar-refractivity contribution is 5.94. The second kappa shape index (κ2) is 11.4. The van der Waals surface area contributed by atoms with Crippen LogP contribution < -0.4 is 0 Å². The SMILES string of the molecule is CCOC(=O)C1CCN(C(=O)c2ccc(CN3CCN(Cc4ccccc4)CC3)cc2)CC1. The van der Waals surface area contributed by atoms with E-state index in [1.54, 1.807) is 0 Å². The molecule has 0 atom stereocenters. The molecular formula is C27H35N3O3. The van der Waals surface area contributed by atoms with Crippen LogP contribution in [0.15, 0.2) is 54.6 Å². The minimum absolute atomic E-state index is 0.0541. The van der Waals surface area contributed by atoms with Gasteiger partial charge >= 0.3 is 5.97 Å². The van der Waals surface area contributed by atoms with Crippen molar-refractivity contribution in [1.82, 2.24) is 14.7 Å². The minimum atomic E-state index is -0.130. The van der Waals surface area contributed by atoms with Crippen LogP contribution in [0.25, 0.3) is 0 Å². The first-order valence-electron chi connectivity index (χ1n) is 12.2. The fourth-order valence-electron chi connectivity index (χ4n) is 4.72. The Morgan fingerprint density at radius 1 is 0.788 bits per heavy atom. The molecule has 4 rings (SSSR count). The van der Waals surface area contributed by atoms with Gasteiger partial charge in [0.05, 0.1) is 12.5 Å². The number of carbonyl (C=O) groups excluding carboxylic acids is 2. The number of amides is 1. The molecule has 2 aliphatic rings. The number of rotatable bonds is 7. The van der Waals surface area contributed by atoms with Crippen molar-refractivity contribution in [2.45, 2.75) is 32.9 Å². The lowest BCUT2D eigenvalue weighted by Crippen LogP contribution is -2.45. The van der Waals surface area contributed by atoms with Crippen LogP contribution in [0.5, 0.6) is 0 Å². The predicted octanol–water partition coefficient (Wildman–Crippen LogP) is 3.42. The summed E-state index contributed by atoms with van der Waals surface area (Å²) in [7, 11) is 0. The van der Waals surface area contributed by atoms with E-state index in [1.807, 2.05) is 24.0 Å². The van der Waals surface area contributed by atoms with Crippen LogP contribution in [0.1, 0.15) is 41.3 Å². The van der Waals surface area contributed by atoms with Crippen LogP contribution in [0.3, 0.4) is 0 Å². The van der Waals surface area contributed by atoms with Gasteiger partial charge in [-0.05, 0) is 43.0 Å². The van der Waals surface area contributed by atoms with E-state index < -0.39 is 0 Å². The van der Waals surface area contributed by atoms with E-state index >= 15 is 0 Å². The van der Waals surface area contributed by atoms with Crippen molar-refractivity contribution in [3.05, 3.63) is 71.3 Å². The van der Waals surface area contributed by atoms with E-state index in [0.717, 1.165) is 44.8 Å². The van der Waals surface area contributed by atoms with Crippen LogP contribution in [0.4, 0.5) is 0 Å². The molecule has 6 heteroatoms. The second-order valence-corrected chi connectivity index (χ2v) is 9.05. The maximum Gasteiger partial charge on any atom is 0.309 e. The predicted molar refractivity (Wildman–Crippen MR) is 129 cm³/mol. The molecule has 0 saturated carbocycles. The Balaban J connectivity index is 1.22. The summed E-state index contributed by atoms with van der Waals surface area (Å²) >= 11 is 0. The molecule has 2 aromatic carbocycles. The number of benzene rings is 2. The first-order chi connectivity index (χ1) is 16.1. The quantitative estimate of drug-likeness (QED) is 0.607. The average Bonchev–Trinajstić information content (AvgIpc) is 2.86. The Morgan fingerprint density at radius 3 is 1.88 bits per heavy atom. The van der Waals surface area contributed by atoms with E-state index in [2.05, 4.69) is 52.3 Å². The molecule has 176 valence electrons. The highest BCUT2D eigenvalue weighted by Crippen LogP contribution is 2.21. The molecule has 0 bridgehead atoms. The summed E-state index contributed by atoms with van der Waals surface area (Å²) < 4.78 is 5.12. The summed E-state index contributed by atoms with van der Waals surface area (Å²) in [6, 6.07) is 18.7. The number of hydrogen-bond acceptors (Lipinski definition) is 5. The van der Waals surface area contributed by atoms with Crippen LogP contribution in [0.2, 0.25) is 0 Å². The lowest BCUT2D eigenvalue weighted by molar-refractivity contribution is -0.149. The van der Waals surface area contributed by atoms with Crippen LogP contribution in [0, 0.1) is 5.92 Å². The molecule has 2 saturated heterocycles. The van der Waals surface area contributed by atoms with Crippen LogP contribution >= 0.6 is 0 Å². The molecule has 0 radical (unpaired) electrons. The monoisotopic (exact) mass is 449 g/mol. The Morgan fingerprint density at radius 2 is 1.33 bits per heavy atom. The van der Waals surface area contributed by atoms with E-state index in [-0.39, 0.29) is 17.8 Å². The molecule has 0 aliphatic carbocycles. The van der Waals surface area contributed by atoms with Crippen molar-refractivity contribution in [2.75, 3.05) is 45.9 Å². The Hall–Kier alpha value is -2.70. The molecular weight excluding hydrogens is 414 g/mol. The Kier molecular flexibility index (Phi) is 8.13.